The lowest BCUT2D eigenvalue weighted by Gasteiger charge is -2.13. The molecule has 1 unspecified atom stereocenters. The number of aromatic nitrogens is 1. The molecule has 2 rings (SSSR count). The number of halogens is 2. The molecule has 1 heterocycles. The molecule has 0 spiro atoms. The van der Waals surface area contributed by atoms with Gasteiger partial charge in [0, 0.05) is 11.8 Å². The van der Waals surface area contributed by atoms with Gasteiger partial charge < -0.3 is 9.84 Å². The van der Waals surface area contributed by atoms with Gasteiger partial charge in [-0.2, -0.15) is 0 Å². The summed E-state index contributed by atoms with van der Waals surface area (Å²) in [6.07, 6.45) is 2.17. The van der Waals surface area contributed by atoms with Gasteiger partial charge in [-0.3, -0.25) is 4.98 Å². The third-order valence-electron chi connectivity index (χ3n) is 2.62. The fourth-order valence-electron chi connectivity index (χ4n) is 1.71. The average molecular weight is 326 g/mol. The van der Waals surface area contributed by atoms with Crippen molar-refractivity contribution >= 4 is 15.9 Å². The van der Waals surface area contributed by atoms with Crippen LogP contribution >= 0.6 is 15.9 Å². The van der Waals surface area contributed by atoms with Crippen LogP contribution < -0.4 is 4.74 Å². The second kappa shape index (κ2) is 6.12. The van der Waals surface area contributed by atoms with Gasteiger partial charge in [0.25, 0.3) is 0 Å². The molecule has 0 aliphatic heterocycles. The SMILES string of the molecule is CCOc1cncc(C(O)c2ccc(Br)c(F)c2)c1. The summed E-state index contributed by atoms with van der Waals surface area (Å²) in [7, 11) is 0. The highest BCUT2D eigenvalue weighted by Crippen LogP contribution is 2.26. The van der Waals surface area contributed by atoms with Crippen molar-refractivity contribution in [2.75, 3.05) is 6.61 Å². The molecule has 0 bridgehead atoms. The van der Waals surface area contributed by atoms with Crippen LogP contribution in [0.3, 0.4) is 0 Å². The molecule has 1 aromatic heterocycles. The number of rotatable bonds is 4. The van der Waals surface area contributed by atoms with Gasteiger partial charge in [-0.1, -0.05) is 6.07 Å². The van der Waals surface area contributed by atoms with Crippen molar-refractivity contribution in [3.63, 3.8) is 0 Å². The van der Waals surface area contributed by atoms with Crippen LogP contribution in [0, 0.1) is 5.82 Å². The maximum absolute atomic E-state index is 13.5. The Morgan fingerprint density at radius 3 is 2.79 bits per heavy atom. The van der Waals surface area contributed by atoms with Crippen LogP contribution in [0.15, 0.2) is 41.1 Å². The molecule has 19 heavy (non-hydrogen) atoms. The Kier molecular flexibility index (Phi) is 4.50. The molecule has 5 heteroatoms. The van der Waals surface area contributed by atoms with Gasteiger partial charge in [-0.15, -0.1) is 0 Å². The van der Waals surface area contributed by atoms with E-state index in [0.717, 1.165) is 0 Å². The summed E-state index contributed by atoms with van der Waals surface area (Å²) in [5.41, 5.74) is 1.03. The Bertz CT molecular complexity index is 577. The standard InChI is InChI=1S/C14H13BrFNO2/c1-2-19-11-5-10(7-17-8-11)14(18)9-3-4-12(15)13(16)6-9/h3-8,14,18H,2H2,1H3. The van der Waals surface area contributed by atoms with E-state index in [9.17, 15) is 9.50 Å². The first-order valence-corrected chi connectivity index (χ1v) is 6.62. The highest BCUT2D eigenvalue weighted by Gasteiger charge is 2.13. The molecule has 0 saturated heterocycles. The maximum Gasteiger partial charge on any atom is 0.137 e. The Balaban J connectivity index is 2.29. The number of benzene rings is 1. The molecule has 0 aliphatic carbocycles. The number of hydrogen-bond donors (Lipinski definition) is 1. The molecule has 3 nitrogen and oxygen atoms in total. The number of aliphatic hydroxyl groups is 1. The monoisotopic (exact) mass is 325 g/mol. The van der Waals surface area contributed by atoms with Crippen molar-refractivity contribution in [2.45, 2.75) is 13.0 Å². The summed E-state index contributed by atoms with van der Waals surface area (Å²) in [4.78, 5) is 4.00. The zero-order valence-corrected chi connectivity index (χ0v) is 11.9. The van der Waals surface area contributed by atoms with Crippen molar-refractivity contribution < 1.29 is 14.2 Å². The quantitative estimate of drug-likeness (QED) is 0.936. The number of hydrogen-bond acceptors (Lipinski definition) is 3. The van der Waals surface area contributed by atoms with E-state index in [1.54, 1.807) is 24.4 Å². The van der Waals surface area contributed by atoms with Gasteiger partial charge in [-0.25, -0.2) is 4.39 Å². The molecule has 0 fully saturated rings. The third-order valence-corrected chi connectivity index (χ3v) is 3.26. The van der Waals surface area contributed by atoms with Gasteiger partial charge in [-0.05, 0) is 46.6 Å². The first-order chi connectivity index (χ1) is 9.11. The van der Waals surface area contributed by atoms with Gasteiger partial charge in [0.2, 0.25) is 0 Å². The predicted octanol–water partition coefficient (Wildman–Crippen LogP) is 3.46. The summed E-state index contributed by atoms with van der Waals surface area (Å²) < 4.78 is 19.1. The summed E-state index contributed by atoms with van der Waals surface area (Å²) in [6, 6.07) is 6.21. The van der Waals surface area contributed by atoms with Crippen molar-refractivity contribution in [3.8, 4) is 5.75 Å². The Morgan fingerprint density at radius 1 is 1.32 bits per heavy atom. The molecule has 1 atom stereocenters. The molecule has 0 saturated carbocycles. The van der Waals surface area contributed by atoms with E-state index in [1.165, 1.54) is 12.3 Å². The summed E-state index contributed by atoms with van der Waals surface area (Å²) in [5, 5.41) is 10.2. The number of aliphatic hydroxyl groups excluding tert-OH is 1. The normalized spacial score (nSPS) is 12.2. The molecule has 0 radical (unpaired) electrons. The van der Waals surface area contributed by atoms with Gasteiger partial charge in [0.1, 0.15) is 17.7 Å². The van der Waals surface area contributed by atoms with E-state index >= 15 is 0 Å². The van der Waals surface area contributed by atoms with Crippen LogP contribution in [0.1, 0.15) is 24.2 Å². The zero-order valence-electron chi connectivity index (χ0n) is 10.3. The lowest BCUT2D eigenvalue weighted by atomic mass is 10.0. The second-order valence-corrected chi connectivity index (χ2v) is 4.82. The summed E-state index contributed by atoms with van der Waals surface area (Å²) in [6.45, 7) is 2.39. The summed E-state index contributed by atoms with van der Waals surface area (Å²) >= 11 is 3.08. The van der Waals surface area contributed by atoms with E-state index < -0.39 is 11.9 Å². The number of ether oxygens (including phenoxy) is 1. The van der Waals surface area contributed by atoms with Crippen molar-refractivity contribution in [3.05, 3.63) is 58.1 Å². The van der Waals surface area contributed by atoms with E-state index in [-0.39, 0.29) is 0 Å². The van der Waals surface area contributed by atoms with Crippen molar-refractivity contribution in [1.82, 2.24) is 4.98 Å². The van der Waals surface area contributed by atoms with Crippen molar-refractivity contribution in [2.24, 2.45) is 0 Å². The van der Waals surface area contributed by atoms with Crippen LogP contribution in [0.5, 0.6) is 5.75 Å². The first kappa shape index (κ1) is 14.0. The lowest BCUT2D eigenvalue weighted by molar-refractivity contribution is 0.218. The van der Waals surface area contributed by atoms with E-state index in [4.69, 9.17) is 4.74 Å². The Morgan fingerprint density at radius 2 is 2.11 bits per heavy atom. The molecule has 1 aromatic carbocycles. The number of nitrogens with zero attached hydrogens (tertiary/aromatic N) is 1. The van der Waals surface area contributed by atoms with Crippen LogP contribution in [-0.2, 0) is 0 Å². The Hall–Kier alpha value is -1.46. The fourth-order valence-corrected chi connectivity index (χ4v) is 1.95. The van der Waals surface area contributed by atoms with Crippen LogP contribution in [0.2, 0.25) is 0 Å². The molecule has 2 aromatic rings. The maximum atomic E-state index is 13.5. The molecule has 0 aliphatic rings. The van der Waals surface area contributed by atoms with Gasteiger partial charge >= 0.3 is 0 Å². The zero-order chi connectivity index (χ0) is 13.8. The molecular formula is C14H13BrFNO2. The number of pyridine rings is 1. The third kappa shape index (κ3) is 3.30. The Labute approximate surface area is 119 Å². The van der Waals surface area contributed by atoms with Crippen LogP contribution in [-0.4, -0.2) is 16.7 Å². The summed E-state index contributed by atoms with van der Waals surface area (Å²) in [5.74, 6) is 0.169. The van der Waals surface area contributed by atoms with Gasteiger partial charge in [0.15, 0.2) is 0 Å². The van der Waals surface area contributed by atoms with Crippen LogP contribution in [0.4, 0.5) is 4.39 Å². The molecule has 0 amide bonds. The van der Waals surface area contributed by atoms with E-state index in [2.05, 4.69) is 20.9 Å². The average Bonchev–Trinajstić information content (AvgIpc) is 2.42. The van der Waals surface area contributed by atoms with Gasteiger partial charge in [0.05, 0.1) is 17.3 Å². The van der Waals surface area contributed by atoms with Crippen LogP contribution in [0.25, 0.3) is 0 Å². The largest absolute Gasteiger partial charge is 0.492 e. The highest BCUT2D eigenvalue weighted by molar-refractivity contribution is 9.10. The second-order valence-electron chi connectivity index (χ2n) is 3.96. The molecule has 1 N–H and O–H groups in total. The highest BCUT2D eigenvalue weighted by atomic mass is 79.9. The first-order valence-electron chi connectivity index (χ1n) is 5.82. The smallest absolute Gasteiger partial charge is 0.137 e. The van der Waals surface area contributed by atoms with Crippen molar-refractivity contribution in [1.29, 1.82) is 0 Å². The minimum Gasteiger partial charge on any atom is -0.492 e. The lowest BCUT2D eigenvalue weighted by Crippen LogP contribution is -2.02. The molecule has 100 valence electrons. The minimum atomic E-state index is -0.935. The van der Waals surface area contributed by atoms with E-state index in [1.807, 2.05) is 6.92 Å². The minimum absolute atomic E-state index is 0.365. The predicted molar refractivity (Wildman–Crippen MR) is 73.6 cm³/mol. The topological polar surface area (TPSA) is 42.4 Å². The van der Waals surface area contributed by atoms with E-state index in [0.29, 0.717) is 28.0 Å². The fraction of sp³-hybridized carbons (Fsp3) is 0.214. The molecular weight excluding hydrogens is 313 g/mol.